The first kappa shape index (κ1) is 27.6. The van der Waals surface area contributed by atoms with E-state index in [4.69, 9.17) is 16.3 Å². The second kappa shape index (κ2) is 14.5. The van der Waals surface area contributed by atoms with E-state index in [-0.39, 0.29) is 17.7 Å². The van der Waals surface area contributed by atoms with E-state index >= 15 is 0 Å². The Balaban J connectivity index is 1.53. The lowest BCUT2D eigenvalue weighted by atomic mass is 9.89. The van der Waals surface area contributed by atoms with Crippen molar-refractivity contribution in [2.24, 2.45) is 17.5 Å². The van der Waals surface area contributed by atoms with Crippen LogP contribution in [-0.2, 0) is 4.79 Å². The molecule has 1 aliphatic carbocycles. The van der Waals surface area contributed by atoms with Crippen LogP contribution in [0.4, 0.5) is 5.69 Å². The molecule has 1 amide bonds. The van der Waals surface area contributed by atoms with Gasteiger partial charge in [0.1, 0.15) is 11.4 Å². The minimum atomic E-state index is -0.354. The van der Waals surface area contributed by atoms with Gasteiger partial charge in [-0.25, -0.2) is 5.84 Å². The summed E-state index contributed by atoms with van der Waals surface area (Å²) in [6.07, 6.45) is 13.7. The molecule has 5 N–H and O–H groups in total. The predicted molar refractivity (Wildman–Crippen MR) is 149 cm³/mol. The van der Waals surface area contributed by atoms with Gasteiger partial charge in [0.25, 0.3) is 5.91 Å². The molecule has 2 aromatic carbocycles. The van der Waals surface area contributed by atoms with Crippen LogP contribution < -0.4 is 21.6 Å². The third-order valence-corrected chi connectivity index (χ3v) is 6.88. The summed E-state index contributed by atoms with van der Waals surface area (Å²) in [4.78, 5) is 12.5. The Hall–Kier alpha value is -2.99. The Kier molecular flexibility index (Phi) is 11.1. The number of unbranched alkanes of at least 4 members (excludes halogenated alkanes) is 1. The Morgan fingerprint density at radius 2 is 1.64 bits per heavy atom. The average molecular weight is 493 g/mol. The first-order valence-corrected chi connectivity index (χ1v) is 13.7. The molecule has 36 heavy (non-hydrogen) atoms. The molecule has 0 aliphatic heterocycles. The van der Waals surface area contributed by atoms with Crippen molar-refractivity contribution in [2.45, 2.75) is 84.2 Å². The number of nitrogens with zero attached hydrogens (tertiary/aromatic N) is 1. The van der Waals surface area contributed by atoms with Crippen molar-refractivity contribution >= 4 is 11.6 Å². The Morgan fingerprint density at radius 1 is 1.00 bits per heavy atom. The van der Waals surface area contributed by atoms with Gasteiger partial charge in [0, 0.05) is 18.4 Å². The first-order chi connectivity index (χ1) is 17.5. The SMILES string of the molecule is CCCCC(CCC)Oc1ccc(-c2ccc(NC(=O)/C(N)=C/N(N)CC3CCCCC3)cc2)cc1. The number of rotatable bonds is 13. The molecule has 0 spiro atoms. The number of nitrogens with two attached hydrogens (primary N) is 2. The maximum Gasteiger partial charge on any atom is 0.273 e. The third kappa shape index (κ3) is 8.90. The highest BCUT2D eigenvalue weighted by Gasteiger charge is 2.16. The quantitative estimate of drug-likeness (QED) is 0.167. The molecular weight excluding hydrogens is 448 g/mol. The minimum absolute atomic E-state index is 0.105. The Morgan fingerprint density at radius 3 is 2.25 bits per heavy atom. The largest absolute Gasteiger partial charge is 0.490 e. The van der Waals surface area contributed by atoms with Crippen molar-refractivity contribution in [3.05, 3.63) is 60.4 Å². The summed E-state index contributed by atoms with van der Waals surface area (Å²) in [6.45, 7) is 5.14. The van der Waals surface area contributed by atoms with Crippen LogP contribution in [0.15, 0.2) is 60.4 Å². The lowest BCUT2D eigenvalue weighted by Crippen LogP contribution is -2.34. The molecule has 3 rings (SSSR count). The highest BCUT2D eigenvalue weighted by molar-refractivity contribution is 6.03. The van der Waals surface area contributed by atoms with Gasteiger partial charge in [-0.05, 0) is 67.0 Å². The molecule has 0 saturated heterocycles. The van der Waals surface area contributed by atoms with E-state index in [1.54, 1.807) is 5.01 Å². The van der Waals surface area contributed by atoms with Crippen LogP contribution in [0.1, 0.15) is 78.1 Å². The zero-order valence-electron chi connectivity index (χ0n) is 22.0. The Labute approximate surface area is 217 Å². The molecule has 1 atom stereocenters. The van der Waals surface area contributed by atoms with Crippen LogP contribution in [0.2, 0.25) is 0 Å². The van der Waals surface area contributed by atoms with Gasteiger partial charge in [-0.1, -0.05) is 76.6 Å². The molecule has 1 fully saturated rings. The summed E-state index contributed by atoms with van der Waals surface area (Å²) < 4.78 is 6.23. The van der Waals surface area contributed by atoms with E-state index in [9.17, 15) is 4.79 Å². The van der Waals surface area contributed by atoms with Crippen LogP contribution in [-0.4, -0.2) is 23.6 Å². The van der Waals surface area contributed by atoms with E-state index in [1.807, 2.05) is 36.4 Å². The molecule has 1 aliphatic rings. The van der Waals surface area contributed by atoms with Crippen molar-refractivity contribution in [2.75, 3.05) is 11.9 Å². The number of hydrogen-bond acceptors (Lipinski definition) is 5. The number of carbonyl (C=O) groups excluding carboxylic acids is 1. The summed E-state index contributed by atoms with van der Waals surface area (Å²) in [5, 5.41) is 4.41. The minimum Gasteiger partial charge on any atom is -0.490 e. The number of anilines is 1. The van der Waals surface area contributed by atoms with E-state index in [0.717, 1.165) is 42.7 Å². The van der Waals surface area contributed by atoms with Crippen LogP contribution >= 0.6 is 0 Å². The van der Waals surface area contributed by atoms with Gasteiger partial charge in [0.15, 0.2) is 0 Å². The lowest BCUT2D eigenvalue weighted by molar-refractivity contribution is -0.113. The second-order valence-corrected chi connectivity index (χ2v) is 10.0. The van der Waals surface area contributed by atoms with Gasteiger partial charge in [-0.2, -0.15) is 0 Å². The van der Waals surface area contributed by atoms with Crippen molar-refractivity contribution in [3.63, 3.8) is 0 Å². The van der Waals surface area contributed by atoms with Gasteiger partial charge < -0.3 is 20.8 Å². The van der Waals surface area contributed by atoms with Crippen LogP contribution in [0.3, 0.4) is 0 Å². The molecule has 196 valence electrons. The van der Waals surface area contributed by atoms with Crippen molar-refractivity contribution < 1.29 is 9.53 Å². The molecular formula is C30H44N4O2. The Bertz CT molecular complexity index is 950. The van der Waals surface area contributed by atoms with Gasteiger partial charge in [-0.15, -0.1) is 0 Å². The molecule has 2 aromatic rings. The smallest absolute Gasteiger partial charge is 0.273 e. The number of amides is 1. The van der Waals surface area contributed by atoms with E-state index in [2.05, 4.69) is 31.3 Å². The summed E-state index contributed by atoms with van der Waals surface area (Å²) in [7, 11) is 0. The molecule has 6 nitrogen and oxygen atoms in total. The van der Waals surface area contributed by atoms with E-state index in [1.165, 1.54) is 51.1 Å². The fourth-order valence-corrected chi connectivity index (χ4v) is 4.84. The van der Waals surface area contributed by atoms with Gasteiger partial charge in [-0.3, -0.25) is 4.79 Å². The summed E-state index contributed by atoms with van der Waals surface area (Å²) in [6, 6.07) is 16.0. The number of carbonyl (C=O) groups is 1. The van der Waals surface area contributed by atoms with Crippen molar-refractivity contribution in [1.29, 1.82) is 0 Å². The van der Waals surface area contributed by atoms with Crippen LogP contribution in [0.25, 0.3) is 11.1 Å². The van der Waals surface area contributed by atoms with Crippen LogP contribution in [0.5, 0.6) is 5.75 Å². The zero-order chi connectivity index (χ0) is 25.8. The average Bonchev–Trinajstić information content (AvgIpc) is 2.89. The first-order valence-electron chi connectivity index (χ1n) is 13.7. The maximum atomic E-state index is 12.5. The molecule has 0 bridgehead atoms. The molecule has 1 saturated carbocycles. The summed E-state index contributed by atoms with van der Waals surface area (Å²) >= 11 is 0. The van der Waals surface area contributed by atoms with E-state index in [0.29, 0.717) is 11.6 Å². The van der Waals surface area contributed by atoms with Crippen LogP contribution in [0, 0.1) is 5.92 Å². The van der Waals surface area contributed by atoms with E-state index < -0.39 is 0 Å². The van der Waals surface area contributed by atoms with Crippen molar-refractivity contribution in [1.82, 2.24) is 5.01 Å². The van der Waals surface area contributed by atoms with Gasteiger partial charge in [0.2, 0.25) is 0 Å². The zero-order valence-corrected chi connectivity index (χ0v) is 22.0. The lowest BCUT2D eigenvalue weighted by Gasteiger charge is -2.25. The fraction of sp³-hybridized carbons (Fsp3) is 0.500. The maximum absolute atomic E-state index is 12.5. The second-order valence-electron chi connectivity index (χ2n) is 10.0. The summed E-state index contributed by atoms with van der Waals surface area (Å²) in [5.74, 6) is 7.21. The highest BCUT2D eigenvalue weighted by Crippen LogP contribution is 2.26. The number of hydrogen-bond donors (Lipinski definition) is 3. The molecule has 0 heterocycles. The topological polar surface area (TPSA) is 93.6 Å². The molecule has 1 unspecified atom stereocenters. The number of hydrazine groups is 1. The third-order valence-electron chi connectivity index (χ3n) is 6.88. The normalized spacial score (nSPS) is 15.4. The predicted octanol–water partition coefficient (Wildman–Crippen LogP) is 6.59. The monoisotopic (exact) mass is 492 g/mol. The number of ether oxygens (including phenoxy) is 1. The fourth-order valence-electron chi connectivity index (χ4n) is 4.84. The molecule has 0 aromatic heterocycles. The standard InChI is InChI=1S/C30H44N4O2/c1-3-5-12-27(9-4-2)36-28-19-15-25(16-20-28)24-13-17-26(18-14-24)33-30(35)29(31)22-34(32)21-23-10-7-6-8-11-23/h13-20,22-23,27H,3-12,21,31-32H2,1-2H3,(H,33,35)/b29-22-. The van der Waals surface area contributed by atoms with Crippen molar-refractivity contribution in [3.8, 4) is 16.9 Å². The summed E-state index contributed by atoms with van der Waals surface area (Å²) in [5.41, 5.74) is 8.96. The molecule has 6 heteroatoms. The molecule has 0 radical (unpaired) electrons. The highest BCUT2D eigenvalue weighted by atomic mass is 16.5. The number of benzene rings is 2. The van der Waals surface area contributed by atoms with Gasteiger partial charge in [0.05, 0.1) is 6.10 Å². The van der Waals surface area contributed by atoms with Gasteiger partial charge >= 0.3 is 0 Å². The number of nitrogens with one attached hydrogen (secondary N) is 1.